The molecular weight excluding hydrogens is 821 g/mol. The van der Waals surface area contributed by atoms with E-state index in [0.29, 0.717) is 24.5 Å². The van der Waals surface area contributed by atoms with Crippen LogP contribution in [0.15, 0.2) is 0 Å². The normalized spacial score (nSPS) is 15.6. The van der Waals surface area contributed by atoms with E-state index < -0.39 is 6.29 Å². The van der Waals surface area contributed by atoms with Crippen molar-refractivity contribution in [2.24, 2.45) is 11.8 Å². The van der Waals surface area contributed by atoms with Gasteiger partial charge in [-0.25, -0.2) is 0 Å². The summed E-state index contributed by atoms with van der Waals surface area (Å²) in [5.41, 5.74) is 0. The van der Waals surface area contributed by atoms with E-state index in [-0.39, 0.29) is 12.9 Å². The minimum absolute atomic E-state index is 0.103. The van der Waals surface area contributed by atoms with Gasteiger partial charge < -0.3 is 34.1 Å². The summed E-state index contributed by atoms with van der Waals surface area (Å²) < 4.78 is 24.4. The first kappa shape index (κ1) is 63.7. The molecule has 0 bridgehead atoms. The fraction of sp³-hybridized carbons (Fsp3) is 1.00. The summed E-state index contributed by atoms with van der Waals surface area (Å²) in [6.45, 7) is 17.5. The molecule has 0 saturated carbocycles. The average molecular weight is 940 g/mol. The number of unbranched alkanes of at least 4 members (excludes halogenated alkanes) is 24. The van der Waals surface area contributed by atoms with Gasteiger partial charge in [-0.3, -0.25) is 4.90 Å². The van der Waals surface area contributed by atoms with Gasteiger partial charge in [0.15, 0.2) is 12.6 Å². The van der Waals surface area contributed by atoms with Crippen LogP contribution in [-0.2, 0) is 18.9 Å². The number of aliphatic hydroxyl groups excluding tert-OH is 2. The van der Waals surface area contributed by atoms with E-state index in [0.717, 1.165) is 104 Å². The predicted octanol–water partition coefficient (Wildman–Crippen LogP) is 15.4. The molecule has 1 fully saturated rings. The predicted molar refractivity (Wildman–Crippen MR) is 284 cm³/mol. The number of hydrogen-bond donors (Lipinski definition) is 2. The van der Waals surface area contributed by atoms with Crippen molar-refractivity contribution < 1.29 is 29.2 Å². The Morgan fingerprint density at radius 3 is 1.35 bits per heavy atom. The molecule has 396 valence electrons. The Bertz CT molecular complexity index is 907. The summed E-state index contributed by atoms with van der Waals surface area (Å²) in [6, 6.07) is 0.410. The fourth-order valence-electron chi connectivity index (χ4n) is 10.2. The molecule has 2 N–H and O–H groups in total. The molecule has 0 aromatic carbocycles. The van der Waals surface area contributed by atoms with Crippen molar-refractivity contribution in [1.29, 1.82) is 0 Å². The monoisotopic (exact) mass is 939 g/mol. The van der Waals surface area contributed by atoms with Gasteiger partial charge in [0, 0.05) is 39.4 Å². The summed E-state index contributed by atoms with van der Waals surface area (Å²) in [4.78, 5) is 5.13. The number of aliphatic hydroxyl groups is 2. The van der Waals surface area contributed by atoms with Gasteiger partial charge in [-0.1, -0.05) is 195 Å². The van der Waals surface area contributed by atoms with Crippen LogP contribution in [0.1, 0.15) is 272 Å². The molecule has 1 saturated heterocycles. The molecule has 0 amide bonds. The van der Waals surface area contributed by atoms with E-state index in [4.69, 9.17) is 18.9 Å². The lowest BCUT2D eigenvalue weighted by atomic mass is 9.94. The Hall–Kier alpha value is -0.320. The largest absolute Gasteiger partial charge is 0.395 e. The number of methoxy groups -OCH3 is 1. The first-order valence-electron chi connectivity index (χ1n) is 29.6. The quantitative estimate of drug-likeness (QED) is 0.0461. The third-order valence-electron chi connectivity index (χ3n) is 14.8. The van der Waals surface area contributed by atoms with Crippen molar-refractivity contribution >= 4 is 0 Å². The Morgan fingerprint density at radius 2 is 0.909 bits per heavy atom. The van der Waals surface area contributed by atoms with Gasteiger partial charge in [0.2, 0.25) is 0 Å². The molecular formula is C58H118N2O6. The minimum Gasteiger partial charge on any atom is -0.395 e. The summed E-state index contributed by atoms with van der Waals surface area (Å²) in [6.07, 6.45) is 47.4. The minimum atomic E-state index is -0.645. The average Bonchev–Trinajstić information content (AvgIpc) is 3.33. The van der Waals surface area contributed by atoms with Crippen molar-refractivity contribution in [3.8, 4) is 0 Å². The zero-order valence-electron chi connectivity index (χ0n) is 45.2. The van der Waals surface area contributed by atoms with Gasteiger partial charge in [0.25, 0.3) is 0 Å². The summed E-state index contributed by atoms with van der Waals surface area (Å²) in [5.74, 6) is 1.23. The summed E-state index contributed by atoms with van der Waals surface area (Å²) in [5, 5.41) is 20.8. The Morgan fingerprint density at radius 1 is 0.485 bits per heavy atom. The number of hydrogen-bond acceptors (Lipinski definition) is 8. The standard InChI is InChI=1S/C58H118N2O6/c1-6-10-14-18-22-28-37-54(38-29-23-19-15-11-7-2)51-65-57(62)42-32-26-34-44-59(46-47-60(48-49-61)56-41-36-50-64-53-56)45-35-27-33-43-58(63-5)66-52-55(39-30-24-20-16-12-8-3)40-31-25-21-17-13-9-4/h54-58,61-62H,6-53H2,1-5H3. The molecule has 8 nitrogen and oxygen atoms in total. The summed E-state index contributed by atoms with van der Waals surface area (Å²) in [7, 11) is 1.83. The molecule has 66 heavy (non-hydrogen) atoms. The van der Waals surface area contributed by atoms with E-state index in [1.807, 2.05) is 7.11 Å². The maximum Gasteiger partial charge on any atom is 0.157 e. The zero-order chi connectivity index (χ0) is 47.8. The molecule has 3 unspecified atom stereocenters. The van der Waals surface area contributed by atoms with Crippen molar-refractivity contribution in [1.82, 2.24) is 9.80 Å². The van der Waals surface area contributed by atoms with Crippen LogP contribution < -0.4 is 0 Å². The Balaban J connectivity index is 2.61. The molecule has 3 atom stereocenters. The SMILES string of the molecule is CCCCCCCCC(CCCCCCCC)COC(O)CCCCCN(CCCCCC(OC)OCC(CCCCCCCC)CCCCCCCC)CCN(CCO)C1CCCOC1. The maximum atomic E-state index is 10.9. The lowest BCUT2D eigenvalue weighted by Crippen LogP contribution is -2.46. The van der Waals surface area contributed by atoms with E-state index in [1.54, 1.807) is 0 Å². The lowest BCUT2D eigenvalue weighted by Gasteiger charge is -2.35. The molecule has 8 heteroatoms. The summed E-state index contributed by atoms with van der Waals surface area (Å²) >= 11 is 0. The molecule has 1 aliphatic rings. The topological polar surface area (TPSA) is 83.9 Å². The molecule has 0 radical (unpaired) electrons. The number of ether oxygens (including phenoxy) is 4. The Labute approximate surface area is 412 Å². The molecule has 1 rings (SSSR count). The van der Waals surface area contributed by atoms with Gasteiger partial charge in [0.05, 0.1) is 26.4 Å². The molecule has 1 aliphatic heterocycles. The molecule has 0 spiro atoms. The van der Waals surface area contributed by atoms with Crippen LogP contribution in [0, 0.1) is 11.8 Å². The first-order valence-corrected chi connectivity index (χ1v) is 29.6. The lowest BCUT2D eigenvalue weighted by molar-refractivity contribution is -0.137. The van der Waals surface area contributed by atoms with Gasteiger partial charge in [0.1, 0.15) is 0 Å². The molecule has 0 aromatic rings. The molecule has 0 aliphatic carbocycles. The van der Waals surface area contributed by atoms with Crippen LogP contribution in [0.4, 0.5) is 0 Å². The van der Waals surface area contributed by atoms with Crippen LogP contribution in [0.3, 0.4) is 0 Å². The van der Waals surface area contributed by atoms with Gasteiger partial charge in [-0.15, -0.1) is 0 Å². The van der Waals surface area contributed by atoms with Crippen LogP contribution >= 0.6 is 0 Å². The van der Waals surface area contributed by atoms with Gasteiger partial charge in [-0.2, -0.15) is 0 Å². The molecule has 0 aromatic heterocycles. The highest BCUT2D eigenvalue weighted by atomic mass is 16.7. The number of rotatable bonds is 53. The van der Waals surface area contributed by atoms with Crippen LogP contribution in [0.25, 0.3) is 0 Å². The third kappa shape index (κ3) is 39.4. The smallest absolute Gasteiger partial charge is 0.157 e. The van der Waals surface area contributed by atoms with E-state index in [1.165, 1.54) is 193 Å². The van der Waals surface area contributed by atoms with Crippen molar-refractivity contribution in [3.63, 3.8) is 0 Å². The van der Waals surface area contributed by atoms with E-state index in [9.17, 15) is 10.2 Å². The highest BCUT2D eigenvalue weighted by Gasteiger charge is 2.22. The zero-order valence-corrected chi connectivity index (χ0v) is 45.2. The third-order valence-corrected chi connectivity index (χ3v) is 14.8. The van der Waals surface area contributed by atoms with Gasteiger partial charge in [-0.05, 0) is 102 Å². The van der Waals surface area contributed by atoms with Crippen LogP contribution in [0.5, 0.6) is 0 Å². The second kappa shape index (κ2) is 49.7. The van der Waals surface area contributed by atoms with Crippen molar-refractivity contribution in [2.45, 2.75) is 290 Å². The maximum absolute atomic E-state index is 10.9. The fourth-order valence-corrected chi connectivity index (χ4v) is 10.2. The Kier molecular flexibility index (Phi) is 47.9. The van der Waals surface area contributed by atoms with Crippen LogP contribution in [-0.4, -0.2) is 112 Å². The highest BCUT2D eigenvalue weighted by Crippen LogP contribution is 2.23. The van der Waals surface area contributed by atoms with Crippen molar-refractivity contribution in [2.75, 3.05) is 72.9 Å². The van der Waals surface area contributed by atoms with E-state index >= 15 is 0 Å². The first-order chi connectivity index (χ1) is 32.5. The molecule has 1 heterocycles. The second-order valence-corrected chi connectivity index (χ2v) is 20.9. The van der Waals surface area contributed by atoms with Crippen molar-refractivity contribution in [3.05, 3.63) is 0 Å². The second-order valence-electron chi connectivity index (χ2n) is 20.9. The highest BCUT2D eigenvalue weighted by molar-refractivity contribution is 4.76. The van der Waals surface area contributed by atoms with Crippen LogP contribution in [0.2, 0.25) is 0 Å². The number of nitrogens with zero attached hydrogens (tertiary/aromatic N) is 2. The van der Waals surface area contributed by atoms with E-state index in [2.05, 4.69) is 37.5 Å². The van der Waals surface area contributed by atoms with Gasteiger partial charge >= 0.3 is 0 Å².